The summed E-state index contributed by atoms with van der Waals surface area (Å²) in [6.07, 6.45) is 0.552. The Morgan fingerprint density at radius 2 is 1.94 bits per heavy atom. The van der Waals surface area contributed by atoms with Crippen LogP contribution in [-0.2, 0) is 14.3 Å². The smallest absolute Gasteiger partial charge is 0.229 e. The third kappa shape index (κ3) is 3.02. The van der Waals surface area contributed by atoms with Crippen LogP contribution in [-0.4, -0.2) is 72.2 Å². The number of aliphatic hydroxyl groups is 1. The first kappa shape index (κ1) is 12.5. The van der Waals surface area contributed by atoms with Gasteiger partial charge in [-0.25, -0.2) is 0 Å². The van der Waals surface area contributed by atoms with Gasteiger partial charge in [0.2, 0.25) is 11.8 Å². The van der Waals surface area contributed by atoms with Crippen LogP contribution >= 0.6 is 0 Å². The molecule has 6 heteroatoms. The van der Waals surface area contributed by atoms with Gasteiger partial charge >= 0.3 is 0 Å². The predicted molar refractivity (Wildman–Crippen MR) is 59.2 cm³/mol. The quantitative estimate of drug-likeness (QED) is 0.629. The lowest BCUT2D eigenvalue weighted by Crippen LogP contribution is -2.47. The molecule has 2 rings (SSSR count). The van der Waals surface area contributed by atoms with E-state index in [-0.39, 0.29) is 24.5 Å². The maximum atomic E-state index is 11.4. The van der Waals surface area contributed by atoms with E-state index < -0.39 is 0 Å². The van der Waals surface area contributed by atoms with Gasteiger partial charge in [-0.1, -0.05) is 0 Å². The van der Waals surface area contributed by atoms with Crippen LogP contribution in [0.1, 0.15) is 12.8 Å². The Kier molecular flexibility index (Phi) is 4.09. The number of aliphatic hydroxyl groups excluding tert-OH is 1. The molecule has 1 unspecified atom stereocenters. The van der Waals surface area contributed by atoms with E-state index in [1.165, 1.54) is 4.90 Å². The molecule has 0 aromatic rings. The molecular formula is C11H18N2O4. The van der Waals surface area contributed by atoms with E-state index >= 15 is 0 Å². The van der Waals surface area contributed by atoms with Crippen LogP contribution in [0, 0.1) is 0 Å². The molecule has 0 spiro atoms. The van der Waals surface area contributed by atoms with Gasteiger partial charge in [-0.3, -0.25) is 19.4 Å². The largest absolute Gasteiger partial charge is 0.394 e. The summed E-state index contributed by atoms with van der Waals surface area (Å²) < 4.78 is 5.33. The molecule has 2 aliphatic heterocycles. The topological polar surface area (TPSA) is 70.1 Å². The van der Waals surface area contributed by atoms with Crippen molar-refractivity contribution < 1.29 is 19.4 Å². The summed E-state index contributed by atoms with van der Waals surface area (Å²) >= 11 is 0. The molecule has 6 nitrogen and oxygen atoms in total. The molecule has 0 aromatic carbocycles. The van der Waals surface area contributed by atoms with Crippen molar-refractivity contribution in [1.82, 2.24) is 9.80 Å². The Labute approximate surface area is 100 Å². The van der Waals surface area contributed by atoms with Gasteiger partial charge in [0.15, 0.2) is 0 Å². The molecule has 0 bridgehead atoms. The fraction of sp³-hybridized carbons (Fsp3) is 0.818. The molecule has 1 atom stereocenters. The number of amides is 2. The van der Waals surface area contributed by atoms with E-state index in [9.17, 15) is 9.59 Å². The zero-order valence-electron chi connectivity index (χ0n) is 9.80. The number of likely N-dealkylation sites (tertiary alicyclic amines) is 1. The van der Waals surface area contributed by atoms with E-state index in [2.05, 4.69) is 4.90 Å². The molecule has 2 heterocycles. The van der Waals surface area contributed by atoms with Gasteiger partial charge in [0.1, 0.15) is 0 Å². The number of hydrogen-bond donors (Lipinski definition) is 1. The zero-order chi connectivity index (χ0) is 12.3. The number of hydrogen-bond acceptors (Lipinski definition) is 5. The summed E-state index contributed by atoms with van der Waals surface area (Å²) in [6.45, 7) is 3.16. The van der Waals surface area contributed by atoms with Gasteiger partial charge < -0.3 is 9.84 Å². The highest BCUT2D eigenvalue weighted by Gasteiger charge is 2.29. The van der Waals surface area contributed by atoms with Crippen molar-refractivity contribution in [3.8, 4) is 0 Å². The predicted octanol–water partition coefficient (Wildman–Crippen LogP) is -1.17. The maximum Gasteiger partial charge on any atom is 0.229 e. The van der Waals surface area contributed by atoms with Gasteiger partial charge in [-0.2, -0.15) is 0 Å². The average molecular weight is 242 g/mol. The van der Waals surface area contributed by atoms with Gasteiger partial charge in [0.25, 0.3) is 0 Å². The molecule has 2 fully saturated rings. The average Bonchev–Trinajstić information content (AvgIpc) is 2.67. The lowest BCUT2D eigenvalue weighted by Gasteiger charge is -2.32. The highest BCUT2D eigenvalue weighted by Crippen LogP contribution is 2.12. The van der Waals surface area contributed by atoms with E-state index in [0.29, 0.717) is 39.1 Å². The van der Waals surface area contributed by atoms with Gasteiger partial charge in [0, 0.05) is 39.0 Å². The first-order chi connectivity index (χ1) is 8.20. The van der Waals surface area contributed by atoms with Crippen LogP contribution in [0.4, 0.5) is 0 Å². The molecular weight excluding hydrogens is 224 g/mol. The fourth-order valence-corrected chi connectivity index (χ4v) is 2.21. The number of carbonyl (C=O) groups is 2. The Morgan fingerprint density at radius 1 is 1.24 bits per heavy atom. The first-order valence-corrected chi connectivity index (χ1v) is 5.98. The molecule has 17 heavy (non-hydrogen) atoms. The van der Waals surface area contributed by atoms with Gasteiger partial charge in [-0.05, 0) is 0 Å². The summed E-state index contributed by atoms with van der Waals surface area (Å²) in [7, 11) is 0. The molecule has 96 valence electrons. The third-order valence-electron chi connectivity index (χ3n) is 3.22. The van der Waals surface area contributed by atoms with Crippen molar-refractivity contribution in [3.63, 3.8) is 0 Å². The number of carbonyl (C=O) groups excluding carboxylic acids is 2. The normalized spacial score (nSPS) is 26.9. The van der Waals surface area contributed by atoms with Crippen molar-refractivity contribution in [1.29, 1.82) is 0 Å². The Morgan fingerprint density at radius 3 is 2.59 bits per heavy atom. The minimum atomic E-state index is -0.145. The molecule has 0 aliphatic carbocycles. The first-order valence-electron chi connectivity index (χ1n) is 5.98. The summed E-state index contributed by atoms with van der Waals surface area (Å²) in [5.41, 5.74) is 0. The second-order valence-electron chi connectivity index (χ2n) is 4.42. The molecule has 0 aromatic heterocycles. The number of morpholine rings is 1. The fourth-order valence-electron chi connectivity index (χ4n) is 2.21. The SMILES string of the molecule is O=C1CCC(=O)N1CCN1CCOC(CO)C1. The van der Waals surface area contributed by atoms with E-state index in [0.717, 1.165) is 6.54 Å². The number of rotatable bonds is 4. The molecule has 2 amide bonds. The van der Waals surface area contributed by atoms with Crippen molar-refractivity contribution in [2.24, 2.45) is 0 Å². The molecule has 2 saturated heterocycles. The van der Waals surface area contributed by atoms with Crippen LogP contribution in [0.25, 0.3) is 0 Å². The second kappa shape index (κ2) is 5.57. The van der Waals surface area contributed by atoms with Crippen molar-refractivity contribution in [3.05, 3.63) is 0 Å². The Balaban J connectivity index is 1.77. The molecule has 2 aliphatic rings. The van der Waals surface area contributed by atoms with Crippen molar-refractivity contribution >= 4 is 11.8 Å². The standard InChI is InChI=1S/C11H18N2O4/c14-8-9-7-12(5-6-17-9)3-4-13-10(15)1-2-11(13)16/h9,14H,1-8H2. The lowest BCUT2D eigenvalue weighted by atomic mass is 10.3. The van der Waals surface area contributed by atoms with Crippen molar-refractivity contribution in [2.75, 3.05) is 39.4 Å². The minimum Gasteiger partial charge on any atom is -0.394 e. The van der Waals surface area contributed by atoms with E-state index in [1.54, 1.807) is 0 Å². The lowest BCUT2D eigenvalue weighted by molar-refractivity contribution is -0.138. The summed E-state index contributed by atoms with van der Waals surface area (Å²) in [5, 5.41) is 9.00. The van der Waals surface area contributed by atoms with Gasteiger partial charge in [-0.15, -0.1) is 0 Å². The van der Waals surface area contributed by atoms with E-state index in [1.807, 2.05) is 0 Å². The zero-order valence-corrected chi connectivity index (χ0v) is 9.80. The van der Waals surface area contributed by atoms with Crippen LogP contribution in [0.15, 0.2) is 0 Å². The van der Waals surface area contributed by atoms with Crippen molar-refractivity contribution in [2.45, 2.75) is 18.9 Å². The number of nitrogens with zero attached hydrogens (tertiary/aromatic N) is 2. The monoisotopic (exact) mass is 242 g/mol. The van der Waals surface area contributed by atoms with Gasteiger partial charge in [0.05, 0.1) is 19.3 Å². The van der Waals surface area contributed by atoms with Crippen LogP contribution in [0.5, 0.6) is 0 Å². The summed E-state index contributed by atoms with van der Waals surface area (Å²) in [4.78, 5) is 26.3. The molecule has 0 saturated carbocycles. The van der Waals surface area contributed by atoms with Crippen LogP contribution < -0.4 is 0 Å². The third-order valence-corrected chi connectivity index (χ3v) is 3.22. The maximum absolute atomic E-state index is 11.4. The van der Waals surface area contributed by atoms with E-state index in [4.69, 9.17) is 9.84 Å². The molecule has 1 N–H and O–H groups in total. The van der Waals surface area contributed by atoms with Crippen LogP contribution in [0.3, 0.4) is 0 Å². The highest BCUT2D eigenvalue weighted by atomic mass is 16.5. The Bertz CT molecular complexity index is 292. The number of ether oxygens (including phenoxy) is 1. The minimum absolute atomic E-state index is 0.0120. The summed E-state index contributed by atoms with van der Waals surface area (Å²) in [5.74, 6) is -0.135. The summed E-state index contributed by atoms with van der Waals surface area (Å²) in [6, 6.07) is 0. The van der Waals surface area contributed by atoms with Crippen LogP contribution in [0.2, 0.25) is 0 Å². The molecule has 0 radical (unpaired) electrons. The Hall–Kier alpha value is -0.980. The second-order valence-corrected chi connectivity index (χ2v) is 4.42. The number of imide groups is 1. The highest BCUT2D eigenvalue weighted by molar-refractivity contribution is 6.01.